The van der Waals surface area contributed by atoms with Crippen LogP contribution in [0.25, 0.3) is 11.0 Å². The second-order valence-corrected chi connectivity index (χ2v) is 6.33. The zero-order valence-corrected chi connectivity index (χ0v) is 14.1. The lowest BCUT2D eigenvalue weighted by molar-refractivity contribution is -0.129. The minimum Gasteiger partial charge on any atom is -0.350 e. The van der Waals surface area contributed by atoms with Gasteiger partial charge < -0.3 is 10.2 Å². The molecule has 1 aliphatic rings. The van der Waals surface area contributed by atoms with E-state index < -0.39 is 0 Å². The van der Waals surface area contributed by atoms with Crippen molar-refractivity contribution >= 4 is 22.8 Å². The van der Waals surface area contributed by atoms with Crippen LogP contribution in [-0.2, 0) is 22.7 Å². The first kappa shape index (κ1) is 16.2. The number of aromatic nitrogens is 4. The number of H-pyrrole nitrogens is 1. The van der Waals surface area contributed by atoms with Crippen molar-refractivity contribution in [3.63, 3.8) is 0 Å². The lowest BCUT2D eigenvalue weighted by Crippen LogP contribution is -2.32. The number of hydrogen-bond acceptors (Lipinski definition) is 5. The second-order valence-electron chi connectivity index (χ2n) is 6.33. The number of carbonyl (C=O) groups is 2. The molecule has 1 aliphatic heterocycles. The van der Waals surface area contributed by atoms with Crippen LogP contribution >= 0.6 is 0 Å². The minimum atomic E-state index is -0.341. The van der Waals surface area contributed by atoms with Crippen LogP contribution in [0.2, 0.25) is 0 Å². The van der Waals surface area contributed by atoms with Crippen LogP contribution in [0.4, 0.5) is 0 Å². The average Bonchev–Trinajstić information content (AvgIpc) is 3.24. The molecule has 1 saturated heterocycles. The predicted octanol–water partition coefficient (Wildman–Crippen LogP) is 1.02. The van der Waals surface area contributed by atoms with E-state index in [4.69, 9.17) is 0 Å². The number of pyridine rings is 2. The van der Waals surface area contributed by atoms with E-state index in [2.05, 4.69) is 25.5 Å². The summed E-state index contributed by atoms with van der Waals surface area (Å²) < 4.78 is 0. The van der Waals surface area contributed by atoms with Gasteiger partial charge in [0, 0.05) is 43.5 Å². The third-order valence-electron chi connectivity index (χ3n) is 4.53. The second kappa shape index (κ2) is 6.91. The van der Waals surface area contributed by atoms with Crippen molar-refractivity contribution in [2.75, 3.05) is 6.54 Å². The van der Waals surface area contributed by atoms with Crippen LogP contribution in [0, 0.1) is 5.92 Å². The quantitative estimate of drug-likeness (QED) is 0.715. The number of aromatic amines is 1. The fourth-order valence-electron chi connectivity index (χ4n) is 3.17. The molecule has 26 heavy (non-hydrogen) atoms. The summed E-state index contributed by atoms with van der Waals surface area (Å²) in [5.74, 6) is -0.477. The highest BCUT2D eigenvalue weighted by atomic mass is 16.2. The molecule has 1 unspecified atom stereocenters. The number of nitrogens with one attached hydrogen (secondary N) is 2. The maximum atomic E-state index is 12.5. The molecule has 3 aromatic heterocycles. The summed E-state index contributed by atoms with van der Waals surface area (Å²) in [5.41, 5.74) is 2.38. The number of likely N-dealkylation sites (tertiary alicyclic amines) is 1. The minimum absolute atomic E-state index is 0.00908. The van der Waals surface area contributed by atoms with Crippen molar-refractivity contribution in [3.05, 3.63) is 54.1 Å². The van der Waals surface area contributed by atoms with Gasteiger partial charge in [-0.2, -0.15) is 5.10 Å². The molecule has 0 radical (unpaired) electrons. The maximum absolute atomic E-state index is 12.5. The Kier molecular flexibility index (Phi) is 4.30. The SMILES string of the molecule is O=C(NCc1[nH]nc2ncccc12)C1CC(=O)N(Cc2cccnc2)C1. The third-order valence-corrected chi connectivity index (χ3v) is 4.53. The summed E-state index contributed by atoms with van der Waals surface area (Å²) in [6.45, 7) is 1.23. The topological polar surface area (TPSA) is 104 Å². The van der Waals surface area contributed by atoms with Gasteiger partial charge in [0.25, 0.3) is 0 Å². The fraction of sp³-hybridized carbons (Fsp3) is 0.278. The van der Waals surface area contributed by atoms with Crippen molar-refractivity contribution in [3.8, 4) is 0 Å². The van der Waals surface area contributed by atoms with Crippen LogP contribution in [0.1, 0.15) is 17.7 Å². The highest BCUT2D eigenvalue weighted by Gasteiger charge is 2.34. The molecule has 8 heteroatoms. The Hall–Kier alpha value is -3.29. The highest BCUT2D eigenvalue weighted by molar-refractivity contribution is 5.89. The number of carbonyl (C=O) groups excluding carboxylic acids is 2. The van der Waals surface area contributed by atoms with Gasteiger partial charge in [0.2, 0.25) is 11.8 Å². The van der Waals surface area contributed by atoms with Gasteiger partial charge in [0.05, 0.1) is 18.2 Å². The van der Waals surface area contributed by atoms with Crippen molar-refractivity contribution in [1.82, 2.24) is 30.4 Å². The molecule has 4 rings (SSSR count). The first-order valence-corrected chi connectivity index (χ1v) is 8.43. The molecular weight excluding hydrogens is 332 g/mol. The first-order valence-electron chi connectivity index (χ1n) is 8.43. The predicted molar refractivity (Wildman–Crippen MR) is 93.5 cm³/mol. The molecule has 4 heterocycles. The molecule has 8 nitrogen and oxygen atoms in total. The summed E-state index contributed by atoms with van der Waals surface area (Å²) >= 11 is 0. The van der Waals surface area contributed by atoms with E-state index in [1.54, 1.807) is 23.5 Å². The fourth-order valence-corrected chi connectivity index (χ4v) is 3.17. The lowest BCUT2D eigenvalue weighted by atomic mass is 10.1. The van der Waals surface area contributed by atoms with Crippen molar-refractivity contribution < 1.29 is 9.59 Å². The molecule has 0 bridgehead atoms. The monoisotopic (exact) mass is 350 g/mol. The Morgan fingerprint density at radius 2 is 2.19 bits per heavy atom. The van der Waals surface area contributed by atoms with Crippen LogP contribution in [0.5, 0.6) is 0 Å². The van der Waals surface area contributed by atoms with Gasteiger partial charge in [0.1, 0.15) is 0 Å². The zero-order valence-electron chi connectivity index (χ0n) is 14.1. The van der Waals surface area contributed by atoms with E-state index in [1.807, 2.05) is 24.3 Å². The summed E-state index contributed by atoms with van der Waals surface area (Å²) in [4.78, 5) is 34.6. The van der Waals surface area contributed by atoms with E-state index in [0.717, 1.165) is 16.6 Å². The van der Waals surface area contributed by atoms with Crippen LogP contribution < -0.4 is 5.32 Å². The molecule has 132 valence electrons. The van der Waals surface area contributed by atoms with Crippen molar-refractivity contribution in [1.29, 1.82) is 0 Å². The van der Waals surface area contributed by atoms with Crippen molar-refractivity contribution in [2.45, 2.75) is 19.5 Å². The van der Waals surface area contributed by atoms with Crippen LogP contribution in [0.3, 0.4) is 0 Å². The molecule has 0 aromatic carbocycles. The van der Waals surface area contributed by atoms with Gasteiger partial charge in [-0.3, -0.25) is 19.7 Å². The molecule has 1 fully saturated rings. The number of amides is 2. The van der Waals surface area contributed by atoms with Crippen molar-refractivity contribution in [2.24, 2.45) is 5.92 Å². The van der Waals surface area contributed by atoms with Gasteiger partial charge in [-0.1, -0.05) is 6.07 Å². The largest absolute Gasteiger partial charge is 0.350 e. The highest BCUT2D eigenvalue weighted by Crippen LogP contribution is 2.20. The molecule has 0 saturated carbocycles. The molecule has 2 amide bonds. The van der Waals surface area contributed by atoms with Crippen LogP contribution in [0.15, 0.2) is 42.9 Å². The smallest absolute Gasteiger partial charge is 0.225 e. The lowest BCUT2D eigenvalue weighted by Gasteiger charge is -2.16. The van der Waals surface area contributed by atoms with Gasteiger partial charge in [-0.25, -0.2) is 4.98 Å². The Morgan fingerprint density at radius 1 is 1.31 bits per heavy atom. The summed E-state index contributed by atoms with van der Waals surface area (Å²) in [7, 11) is 0. The first-order chi connectivity index (χ1) is 12.7. The Morgan fingerprint density at radius 3 is 3.04 bits per heavy atom. The van der Waals surface area contributed by atoms with Gasteiger partial charge >= 0.3 is 0 Å². The van der Waals surface area contributed by atoms with E-state index >= 15 is 0 Å². The van der Waals surface area contributed by atoms with E-state index in [-0.39, 0.29) is 24.2 Å². The van der Waals surface area contributed by atoms with E-state index in [0.29, 0.717) is 25.3 Å². The standard InChI is InChI=1S/C18H18N6O2/c25-16-7-13(11-24(16)10-12-3-1-5-19-8-12)18(26)21-9-15-14-4-2-6-20-17(14)23-22-15/h1-6,8,13H,7,9-11H2,(H,21,26)(H,20,22,23). The molecule has 2 N–H and O–H groups in total. The van der Waals surface area contributed by atoms with Gasteiger partial charge in [-0.05, 0) is 23.8 Å². The third kappa shape index (κ3) is 3.26. The van der Waals surface area contributed by atoms with E-state index in [9.17, 15) is 9.59 Å². The average molecular weight is 350 g/mol. The summed E-state index contributed by atoms with van der Waals surface area (Å²) in [5, 5.41) is 10.8. The Labute approximate surface area is 149 Å². The summed E-state index contributed by atoms with van der Waals surface area (Å²) in [6.07, 6.45) is 5.34. The molecule has 0 aliphatic carbocycles. The number of rotatable bonds is 5. The maximum Gasteiger partial charge on any atom is 0.225 e. The number of fused-ring (bicyclic) bond motifs is 1. The Balaban J connectivity index is 1.36. The molecule has 0 spiro atoms. The zero-order chi connectivity index (χ0) is 17.9. The summed E-state index contributed by atoms with van der Waals surface area (Å²) in [6, 6.07) is 7.49. The molecule has 3 aromatic rings. The van der Waals surface area contributed by atoms with Crippen LogP contribution in [-0.4, -0.2) is 43.4 Å². The Bertz CT molecular complexity index is 939. The normalized spacial score (nSPS) is 17.0. The number of hydrogen-bond donors (Lipinski definition) is 2. The van der Waals surface area contributed by atoms with Gasteiger partial charge in [-0.15, -0.1) is 0 Å². The molecule has 1 atom stereocenters. The van der Waals surface area contributed by atoms with E-state index in [1.165, 1.54) is 0 Å². The number of nitrogens with zero attached hydrogens (tertiary/aromatic N) is 4. The van der Waals surface area contributed by atoms with Gasteiger partial charge in [0.15, 0.2) is 5.65 Å². The molecular formula is C18H18N6O2.